The summed E-state index contributed by atoms with van der Waals surface area (Å²) in [6, 6.07) is 32.9. The summed E-state index contributed by atoms with van der Waals surface area (Å²) in [5.74, 6) is 0. The molecular weight excluding hydrogens is 760 g/mol. The Labute approximate surface area is 271 Å². The zero-order valence-electron chi connectivity index (χ0n) is 21.7. The molecule has 36 heavy (non-hydrogen) atoms. The summed E-state index contributed by atoms with van der Waals surface area (Å²) in [7, 11) is 16.9. The van der Waals surface area contributed by atoms with Gasteiger partial charge in [-0.3, -0.25) is 0 Å². The maximum absolute atomic E-state index is 4.26. The molecule has 0 fully saturated rings. The molecule has 0 saturated heterocycles. The van der Waals surface area contributed by atoms with Crippen molar-refractivity contribution >= 4 is 0 Å². The Morgan fingerprint density at radius 3 is 1.56 bits per heavy atom. The first-order valence-corrected chi connectivity index (χ1v) is 15.0. The van der Waals surface area contributed by atoms with Crippen LogP contribution in [0.2, 0.25) is 0 Å². The Morgan fingerprint density at radius 2 is 1.31 bits per heavy atom. The van der Waals surface area contributed by atoms with Crippen LogP contribution in [0, 0.1) is 32.9 Å². The van der Waals surface area contributed by atoms with Crippen LogP contribution in [0.5, 0.6) is 0 Å². The monoisotopic (exact) mass is 798 g/mol. The van der Waals surface area contributed by atoms with E-state index >= 15 is 0 Å². The molecule has 4 aromatic carbocycles. The second-order valence-corrected chi connectivity index (χ2v) is 10.7. The Bertz CT molecular complexity index is 768. The summed E-state index contributed by atoms with van der Waals surface area (Å²) in [5, 5.41) is 0. The van der Waals surface area contributed by atoms with E-state index in [-0.39, 0.29) is 70.5 Å². The van der Waals surface area contributed by atoms with Crippen molar-refractivity contribution < 1.29 is 89.6 Å². The van der Waals surface area contributed by atoms with Crippen LogP contribution in [0.3, 0.4) is 0 Å². The molecule has 218 valence electrons. The summed E-state index contributed by atoms with van der Waals surface area (Å²) in [5.41, 5.74) is 5.66. The first-order valence-electron chi connectivity index (χ1n) is 10.7. The zero-order valence-corrected chi connectivity index (χ0v) is 28.7. The van der Waals surface area contributed by atoms with E-state index in [0.717, 1.165) is 13.1 Å². The van der Waals surface area contributed by atoms with Crippen LogP contribution >= 0.6 is 0 Å². The van der Waals surface area contributed by atoms with Gasteiger partial charge in [0, 0.05) is 54.6 Å². The van der Waals surface area contributed by atoms with Crippen molar-refractivity contribution in [3.63, 3.8) is 0 Å². The van der Waals surface area contributed by atoms with Crippen molar-refractivity contribution in [2.45, 2.75) is 26.9 Å². The minimum Gasteiger partial charge on any atom is -0.214 e. The maximum atomic E-state index is 4.26. The Hall–Kier alpha value is 0.264. The zero-order chi connectivity index (χ0) is 24.9. The van der Waals surface area contributed by atoms with Gasteiger partial charge in [0.25, 0.3) is 0 Å². The number of hydrogen-bond acceptors (Lipinski definition) is 2. The van der Waals surface area contributed by atoms with Crippen LogP contribution in [0.4, 0.5) is 0 Å². The smallest absolute Gasteiger partial charge is 0 e. The Balaban J connectivity index is -0.000000184. The SMILES string of the molecule is C[c-]1[cH-][cH-][cH-][c-]1CN(C)C.Cc1cc[cH-]c1CN(C)C.[ClH+][Pd][ClH+].[Fe].[Fe].[Pd].c1cc[cH-]c1.c1cc[cH-]c1. The minimum absolute atomic E-state index is 0. The van der Waals surface area contributed by atoms with E-state index in [2.05, 4.69) is 107 Å². The molecule has 0 unspecified atom stereocenters. The second-order valence-electron chi connectivity index (χ2n) is 7.92. The van der Waals surface area contributed by atoms with Gasteiger partial charge in [-0.2, -0.15) is 66.2 Å². The van der Waals surface area contributed by atoms with Crippen molar-refractivity contribution in [2.75, 3.05) is 28.2 Å². The minimum atomic E-state index is 0. The predicted molar refractivity (Wildman–Crippen MR) is 135 cm³/mol. The van der Waals surface area contributed by atoms with Gasteiger partial charge in [-0.25, -0.2) is 37.3 Å². The van der Waals surface area contributed by atoms with E-state index in [1.54, 1.807) is 0 Å². The largest absolute Gasteiger partial charge is 0.214 e. The van der Waals surface area contributed by atoms with Crippen molar-refractivity contribution in [1.82, 2.24) is 9.80 Å². The standard InChI is InChI=1S/2C9H14N.2C5H5.2ClH.2Fe.2Pd/c2*1-8-5-4-6-9(8)7-10(2)3;2*1-2-4-5-3-1;;;;;;/h2*4-6H,7H2,1-3H3;2*1-5H;2*1H;;;;/q-5;3*-1;;;;;;+2. The van der Waals surface area contributed by atoms with Gasteiger partial charge in [-0.1, -0.05) is 6.92 Å². The second kappa shape index (κ2) is 29.8. The fourth-order valence-corrected chi connectivity index (χ4v) is 2.77. The molecule has 0 atom stereocenters. The Morgan fingerprint density at radius 1 is 0.833 bits per heavy atom. The fourth-order valence-electron chi connectivity index (χ4n) is 2.77. The van der Waals surface area contributed by atoms with Crippen molar-refractivity contribution in [1.29, 1.82) is 0 Å². The van der Waals surface area contributed by atoms with Gasteiger partial charge in [0.2, 0.25) is 0 Å². The fraction of sp³-hybridized carbons (Fsp3) is 0.286. The third-order valence-corrected chi connectivity index (χ3v) is 4.38. The Kier molecular flexibility index (Phi) is 35.9. The third-order valence-electron chi connectivity index (χ3n) is 4.38. The van der Waals surface area contributed by atoms with E-state index in [9.17, 15) is 0 Å². The molecule has 0 heterocycles. The summed E-state index contributed by atoms with van der Waals surface area (Å²) >= 11 is 0.117. The molecule has 4 rings (SSSR count). The molecule has 0 aliphatic heterocycles. The molecule has 0 amide bonds. The molecule has 0 N–H and O–H groups in total. The van der Waals surface area contributed by atoms with Gasteiger partial charge in [-0.15, -0.1) is 0 Å². The van der Waals surface area contributed by atoms with E-state index in [4.69, 9.17) is 0 Å². The van der Waals surface area contributed by atoms with Gasteiger partial charge < -0.3 is 39.1 Å². The first-order chi connectivity index (χ1) is 15.8. The molecule has 8 heteroatoms. The topological polar surface area (TPSA) is 6.48 Å². The van der Waals surface area contributed by atoms with E-state index in [0.29, 0.717) is 0 Å². The molecule has 0 saturated carbocycles. The normalized spacial score (nSPS) is 8.83. The average Bonchev–Trinajstić information content (AvgIpc) is 3.55. The van der Waals surface area contributed by atoms with E-state index in [1.807, 2.05) is 60.7 Å². The number of rotatable bonds is 4. The third kappa shape index (κ3) is 25.9. The number of aryl methyl sites for hydroxylation is 2. The molecular formula is C28H40Cl2Fe2N2Pd2-6. The first kappa shape index (κ1) is 43.3. The molecule has 0 aliphatic rings. The van der Waals surface area contributed by atoms with Gasteiger partial charge in [0.15, 0.2) is 0 Å². The number of halogens is 2. The van der Waals surface area contributed by atoms with E-state index in [1.165, 1.54) is 22.3 Å². The average molecular weight is 800 g/mol. The van der Waals surface area contributed by atoms with Gasteiger partial charge >= 0.3 is 35.0 Å². The number of nitrogens with zero attached hydrogens (tertiary/aromatic N) is 2. The van der Waals surface area contributed by atoms with Crippen molar-refractivity contribution in [2.24, 2.45) is 0 Å². The predicted octanol–water partition coefficient (Wildman–Crippen LogP) is 5.82. The van der Waals surface area contributed by atoms with Crippen LogP contribution < -0.4 is 0 Å². The number of hydrogen-bond donors (Lipinski definition) is 0. The van der Waals surface area contributed by atoms with Gasteiger partial charge in [0.05, 0.1) is 0 Å². The molecule has 0 aliphatic carbocycles. The molecule has 0 bridgehead atoms. The van der Waals surface area contributed by atoms with Crippen LogP contribution in [-0.2, 0) is 83.6 Å². The van der Waals surface area contributed by atoms with Crippen molar-refractivity contribution in [3.05, 3.63) is 119 Å². The molecule has 2 nitrogen and oxygen atoms in total. The molecule has 0 radical (unpaired) electrons. The summed E-state index contributed by atoms with van der Waals surface area (Å²) < 4.78 is 0. The van der Waals surface area contributed by atoms with E-state index < -0.39 is 0 Å². The molecule has 0 spiro atoms. The van der Waals surface area contributed by atoms with Crippen LogP contribution in [0.1, 0.15) is 22.3 Å². The summed E-state index contributed by atoms with van der Waals surface area (Å²) in [4.78, 5) is 4.37. The van der Waals surface area contributed by atoms with Crippen LogP contribution in [0.25, 0.3) is 0 Å². The molecule has 0 aromatic heterocycles. The van der Waals surface area contributed by atoms with Gasteiger partial charge in [-0.05, 0) is 34.7 Å². The van der Waals surface area contributed by atoms with Crippen LogP contribution in [-0.4, -0.2) is 38.0 Å². The van der Waals surface area contributed by atoms with Crippen LogP contribution in [0.15, 0.2) is 97.1 Å². The van der Waals surface area contributed by atoms with Gasteiger partial charge in [0.1, 0.15) is 0 Å². The summed E-state index contributed by atoms with van der Waals surface area (Å²) in [6.45, 7) is 6.41. The maximum Gasteiger partial charge on any atom is 0 e. The molecule has 4 aromatic rings. The summed E-state index contributed by atoms with van der Waals surface area (Å²) in [6.07, 6.45) is 0. The quantitative estimate of drug-likeness (QED) is 0.190. The van der Waals surface area contributed by atoms with Crippen molar-refractivity contribution in [3.8, 4) is 0 Å².